The Balaban J connectivity index is 2.45. The molecule has 0 aliphatic carbocycles. The summed E-state index contributed by atoms with van der Waals surface area (Å²) in [4.78, 5) is 4.07. The SMILES string of the molecule is CC(CO)CNc1cc(N)ccn1. The molecule has 0 amide bonds. The Morgan fingerprint density at radius 1 is 1.69 bits per heavy atom. The monoisotopic (exact) mass is 181 g/mol. The molecular formula is C9H15N3O. The van der Waals surface area contributed by atoms with Gasteiger partial charge in [-0.2, -0.15) is 0 Å². The zero-order chi connectivity index (χ0) is 9.68. The molecule has 0 saturated heterocycles. The van der Waals surface area contributed by atoms with E-state index in [4.69, 9.17) is 10.8 Å². The number of rotatable bonds is 4. The van der Waals surface area contributed by atoms with E-state index in [1.165, 1.54) is 0 Å². The van der Waals surface area contributed by atoms with Crippen molar-refractivity contribution >= 4 is 11.5 Å². The van der Waals surface area contributed by atoms with Gasteiger partial charge in [0.2, 0.25) is 0 Å². The molecule has 0 aliphatic rings. The summed E-state index contributed by atoms with van der Waals surface area (Å²) in [6.07, 6.45) is 1.65. The van der Waals surface area contributed by atoms with E-state index in [2.05, 4.69) is 10.3 Å². The summed E-state index contributed by atoms with van der Waals surface area (Å²) in [7, 11) is 0. The molecule has 1 rings (SSSR count). The number of aromatic nitrogens is 1. The van der Waals surface area contributed by atoms with Crippen molar-refractivity contribution in [2.24, 2.45) is 5.92 Å². The van der Waals surface area contributed by atoms with Crippen LogP contribution in [0.2, 0.25) is 0 Å². The van der Waals surface area contributed by atoms with Crippen molar-refractivity contribution in [3.8, 4) is 0 Å². The van der Waals surface area contributed by atoms with Gasteiger partial charge < -0.3 is 16.2 Å². The zero-order valence-corrected chi connectivity index (χ0v) is 7.70. The summed E-state index contributed by atoms with van der Waals surface area (Å²) in [5, 5.41) is 11.9. The fourth-order valence-electron chi connectivity index (χ4n) is 0.887. The molecule has 72 valence electrons. The first-order valence-electron chi connectivity index (χ1n) is 4.28. The summed E-state index contributed by atoms with van der Waals surface area (Å²) in [5.41, 5.74) is 6.26. The molecule has 4 N–H and O–H groups in total. The molecule has 1 unspecified atom stereocenters. The number of nitrogens with one attached hydrogen (secondary N) is 1. The van der Waals surface area contributed by atoms with Crippen LogP contribution >= 0.6 is 0 Å². The van der Waals surface area contributed by atoms with E-state index < -0.39 is 0 Å². The fraction of sp³-hybridized carbons (Fsp3) is 0.444. The van der Waals surface area contributed by atoms with Gasteiger partial charge in [-0.05, 0) is 12.0 Å². The molecule has 1 aromatic heterocycles. The van der Waals surface area contributed by atoms with Gasteiger partial charge in [0.1, 0.15) is 5.82 Å². The molecule has 1 heterocycles. The third-order valence-electron chi connectivity index (χ3n) is 1.73. The number of anilines is 2. The third kappa shape index (κ3) is 3.29. The number of nitrogens with zero attached hydrogens (tertiary/aromatic N) is 1. The topological polar surface area (TPSA) is 71.2 Å². The van der Waals surface area contributed by atoms with Crippen molar-refractivity contribution in [3.63, 3.8) is 0 Å². The Kier molecular flexibility index (Phi) is 3.52. The molecule has 0 aliphatic heterocycles. The minimum atomic E-state index is 0.176. The highest BCUT2D eigenvalue weighted by Crippen LogP contribution is 2.08. The molecule has 0 bridgehead atoms. The van der Waals surface area contributed by atoms with Crippen LogP contribution in [0.25, 0.3) is 0 Å². The molecule has 0 radical (unpaired) electrons. The first-order valence-corrected chi connectivity index (χ1v) is 4.28. The number of hydrogen-bond donors (Lipinski definition) is 3. The van der Waals surface area contributed by atoms with Crippen LogP contribution in [0, 0.1) is 5.92 Å². The van der Waals surface area contributed by atoms with Gasteiger partial charge in [0.25, 0.3) is 0 Å². The van der Waals surface area contributed by atoms with Crippen molar-refractivity contribution in [1.82, 2.24) is 4.98 Å². The smallest absolute Gasteiger partial charge is 0.127 e. The quantitative estimate of drug-likeness (QED) is 0.639. The van der Waals surface area contributed by atoms with Crippen LogP contribution in [0.3, 0.4) is 0 Å². The Morgan fingerprint density at radius 2 is 2.46 bits per heavy atom. The largest absolute Gasteiger partial charge is 0.399 e. The first-order chi connectivity index (χ1) is 6.22. The second-order valence-corrected chi connectivity index (χ2v) is 3.14. The van der Waals surface area contributed by atoms with Crippen LogP contribution in [-0.4, -0.2) is 23.2 Å². The Labute approximate surface area is 77.8 Å². The van der Waals surface area contributed by atoms with E-state index >= 15 is 0 Å². The molecular weight excluding hydrogens is 166 g/mol. The molecule has 1 atom stereocenters. The third-order valence-corrected chi connectivity index (χ3v) is 1.73. The number of aliphatic hydroxyl groups excluding tert-OH is 1. The van der Waals surface area contributed by atoms with E-state index in [0.29, 0.717) is 12.2 Å². The molecule has 0 spiro atoms. The van der Waals surface area contributed by atoms with Crippen LogP contribution in [0.4, 0.5) is 11.5 Å². The highest BCUT2D eigenvalue weighted by atomic mass is 16.3. The second kappa shape index (κ2) is 4.67. The van der Waals surface area contributed by atoms with Crippen molar-refractivity contribution in [3.05, 3.63) is 18.3 Å². The molecule has 0 saturated carbocycles. The summed E-state index contributed by atoms with van der Waals surface area (Å²) >= 11 is 0. The van der Waals surface area contributed by atoms with E-state index in [9.17, 15) is 0 Å². The number of pyridine rings is 1. The molecule has 13 heavy (non-hydrogen) atoms. The minimum Gasteiger partial charge on any atom is -0.399 e. The Hall–Kier alpha value is -1.29. The Bertz CT molecular complexity index is 265. The van der Waals surface area contributed by atoms with Gasteiger partial charge in [0.15, 0.2) is 0 Å². The number of aliphatic hydroxyl groups is 1. The molecule has 1 aromatic rings. The number of nitrogens with two attached hydrogens (primary N) is 1. The van der Waals surface area contributed by atoms with Crippen molar-refractivity contribution in [2.45, 2.75) is 6.92 Å². The van der Waals surface area contributed by atoms with Crippen LogP contribution in [0.5, 0.6) is 0 Å². The lowest BCUT2D eigenvalue weighted by Crippen LogP contribution is -2.15. The van der Waals surface area contributed by atoms with Gasteiger partial charge in [-0.25, -0.2) is 4.98 Å². The van der Waals surface area contributed by atoms with E-state index in [1.807, 2.05) is 6.92 Å². The van der Waals surface area contributed by atoms with E-state index in [1.54, 1.807) is 18.3 Å². The van der Waals surface area contributed by atoms with E-state index in [0.717, 1.165) is 5.82 Å². The summed E-state index contributed by atoms with van der Waals surface area (Å²) in [5.74, 6) is 0.975. The lowest BCUT2D eigenvalue weighted by Gasteiger charge is -2.09. The number of nitrogen functional groups attached to an aromatic ring is 1. The van der Waals surface area contributed by atoms with Crippen molar-refractivity contribution in [2.75, 3.05) is 24.2 Å². The average Bonchev–Trinajstić information content (AvgIpc) is 2.14. The van der Waals surface area contributed by atoms with Gasteiger partial charge in [-0.15, -0.1) is 0 Å². The van der Waals surface area contributed by atoms with Gasteiger partial charge in [-0.1, -0.05) is 6.92 Å². The second-order valence-electron chi connectivity index (χ2n) is 3.14. The molecule has 4 nitrogen and oxygen atoms in total. The van der Waals surface area contributed by atoms with Gasteiger partial charge in [0.05, 0.1) is 0 Å². The zero-order valence-electron chi connectivity index (χ0n) is 7.70. The number of hydrogen-bond acceptors (Lipinski definition) is 4. The van der Waals surface area contributed by atoms with Crippen molar-refractivity contribution < 1.29 is 5.11 Å². The highest BCUT2D eigenvalue weighted by Gasteiger charge is 1.99. The van der Waals surface area contributed by atoms with Crippen LogP contribution in [0.15, 0.2) is 18.3 Å². The maximum atomic E-state index is 8.78. The van der Waals surface area contributed by atoms with Crippen molar-refractivity contribution in [1.29, 1.82) is 0 Å². The summed E-state index contributed by atoms with van der Waals surface area (Å²) in [6, 6.07) is 3.50. The Morgan fingerprint density at radius 3 is 3.08 bits per heavy atom. The summed E-state index contributed by atoms with van der Waals surface area (Å²) in [6.45, 7) is 2.83. The first kappa shape index (κ1) is 9.80. The predicted molar refractivity (Wildman–Crippen MR) is 53.4 cm³/mol. The van der Waals surface area contributed by atoms with Crippen LogP contribution in [-0.2, 0) is 0 Å². The van der Waals surface area contributed by atoms with Gasteiger partial charge >= 0.3 is 0 Å². The molecule has 0 fully saturated rings. The minimum absolute atomic E-state index is 0.176. The maximum absolute atomic E-state index is 8.78. The van der Waals surface area contributed by atoms with Crippen LogP contribution in [0.1, 0.15) is 6.92 Å². The van der Waals surface area contributed by atoms with E-state index in [-0.39, 0.29) is 12.5 Å². The van der Waals surface area contributed by atoms with Crippen LogP contribution < -0.4 is 11.1 Å². The fourth-order valence-corrected chi connectivity index (χ4v) is 0.887. The standard InChI is InChI=1S/C9H15N3O/c1-7(6-13)5-12-9-4-8(10)2-3-11-9/h2-4,7,13H,5-6H2,1H3,(H3,10,11,12). The normalized spacial score (nSPS) is 12.5. The average molecular weight is 181 g/mol. The maximum Gasteiger partial charge on any atom is 0.127 e. The highest BCUT2D eigenvalue weighted by molar-refractivity contribution is 5.48. The predicted octanol–water partition coefficient (Wildman–Crippen LogP) is 0.704. The van der Waals surface area contributed by atoms with Gasteiger partial charge in [-0.3, -0.25) is 0 Å². The molecule has 4 heteroatoms. The lowest BCUT2D eigenvalue weighted by atomic mass is 10.2. The lowest BCUT2D eigenvalue weighted by molar-refractivity contribution is 0.244. The van der Waals surface area contributed by atoms with Gasteiger partial charge in [0, 0.05) is 31.1 Å². The molecule has 0 aromatic carbocycles. The summed E-state index contributed by atoms with van der Waals surface area (Å²) < 4.78 is 0.